The lowest BCUT2D eigenvalue weighted by Crippen LogP contribution is -2.10. The molecule has 3 rings (SSSR count). The fraction of sp³-hybridized carbons (Fsp3) is 0.389. The molecule has 0 N–H and O–H groups in total. The third-order valence-corrected chi connectivity index (χ3v) is 4.47. The van der Waals surface area contributed by atoms with Crippen LogP contribution in [0.4, 0.5) is 0 Å². The third-order valence-electron chi connectivity index (χ3n) is 4.47. The number of carbonyl (C=O) groups excluding carboxylic acids is 1. The smallest absolute Gasteiger partial charge is 0.184 e. The first kappa shape index (κ1) is 12.4. The minimum absolute atomic E-state index is 0.313. The monoisotopic (exact) mass is 252 g/mol. The summed E-state index contributed by atoms with van der Waals surface area (Å²) in [7, 11) is 0. The quantitative estimate of drug-likeness (QED) is 0.786. The number of hydrogen-bond donors (Lipinski definition) is 0. The zero-order chi connectivity index (χ0) is 13.2. The number of ketones is 1. The Labute approximate surface area is 115 Å². The van der Waals surface area contributed by atoms with Gasteiger partial charge in [0, 0.05) is 11.5 Å². The zero-order valence-corrected chi connectivity index (χ0v) is 11.5. The fourth-order valence-corrected chi connectivity index (χ4v) is 3.40. The molecule has 1 aromatic rings. The van der Waals surface area contributed by atoms with Gasteiger partial charge in [0.1, 0.15) is 0 Å². The Balaban J connectivity index is 1.78. The second kappa shape index (κ2) is 5.16. The average molecular weight is 252 g/mol. The molecule has 19 heavy (non-hydrogen) atoms. The van der Waals surface area contributed by atoms with Gasteiger partial charge in [-0.1, -0.05) is 42.0 Å². The maximum atomic E-state index is 12.2. The summed E-state index contributed by atoms with van der Waals surface area (Å²) in [6.45, 7) is 2.02. The molecule has 1 nitrogen and oxygen atoms in total. The summed E-state index contributed by atoms with van der Waals surface area (Å²) >= 11 is 0. The molecular formula is C18H20O. The number of fused-ring (bicyclic) bond motifs is 1. The zero-order valence-electron chi connectivity index (χ0n) is 11.5. The molecule has 0 saturated heterocycles. The number of hydrogen-bond acceptors (Lipinski definition) is 1. The van der Waals surface area contributed by atoms with Gasteiger partial charge in [-0.2, -0.15) is 0 Å². The van der Waals surface area contributed by atoms with Crippen molar-refractivity contribution >= 4 is 5.78 Å². The molecule has 0 heterocycles. The summed E-state index contributed by atoms with van der Waals surface area (Å²) in [5.74, 6) is 0.748. The topological polar surface area (TPSA) is 17.1 Å². The van der Waals surface area contributed by atoms with E-state index in [1.54, 1.807) is 0 Å². The molecular weight excluding hydrogens is 232 g/mol. The van der Waals surface area contributed by atoms with Crippen molar-refractivity contribution in [1.82, 2.24) is 0 Å². The van der Waals surface area contributed by atoms with E-state index in [1.165, 1.54) is 24.0 Å². The SMILES string of the molecule is CC1=C(CCc2ccccc2)C2CCCC=C2C1=O. The van der Waals surface area contributed by atoms with Crippen molar-refractivity contribution in [3.8, 4) is 0 Å². The van der Waals surface area contributed by atoms with Crippen LogP contribution in [0.5, 0.6) is 0 Å². The van der Waals surface area contributed by atoms with E-state index in [1.807, 2.05) is 6.92 Å². The molecule has 0 aromatic heterocycles. The van der Waals surface area contributed by atoms with Crippen molar-refractivity contribution < 1.29 is 4.79 Å². The van der Waals surface area contributed by atoms with Crippen LogP contribution >= 0.6 is 0 Å². The van der Waals surface area contributed by atoms with E-state index in [-0.39, 0.29) is 0 Å². The molecule has 0 saturated carbocycles. The van der Waals surface area contributed by atoms with Crippen molar-refractivity contribution in [2.24, 2.45) is 5.92 Å². The Bertz CT molecular complexity index is 548. The molecule has 0 aliphatic heterocycles. The van der Waals surface area contributed by atoms with Crippen LogP contribution in [0.2, 0.25) is 0 Å². The minimum atomic E-state index is 0.313. The Morgan fingerprint density at radius 2 is 1.95 bits per heavy atom. The van der Waals surface area contributed by atoms with E-state index < -0.39 is 0 Å². The summed E-state index contributed by atoms with van der Waals surface area (Å²) in [5, 5.41) is 0. The van der Waals surface area contributed by atoms with E-state index >= 15 is 0 Å². The van der Waals surface area contributed by atoms with Crippen LogP contribution in [0, 0.1) is 5.92 Å². The molecule has 2 aliphatic carbocycles. The highest BCUT2D eigenvalue weighted by molar-refractivity contribution is 6.12. The highest BCUT2D eigenvalue weighted by Crippen LogP contribution is 2.42. The Hall–Kier alpha value is -1.63. The molecule has 1 atom stereocenters. The molecule has 0 radical (unpaired) electrons. The van der Waals surface area contributed by atoms with Crippen LogP contribution in [0.15, 0.2) is 53.1 Å². The summed E-state index contributed by atoms with van der Waals surface area (Å²) < 4.78 is 0. The van der Waals surface area contributed by atoms with Crippen LogP contribution in [-0.2, 0) is 11.2 Å². The Kier molecular flexibility index (Phi) is 3.37. The van der Waals surface area contributed by atoms with Gasteiger partial charge in [-0.25, -0.2) is 0 Å². The summed E-state index contributed by atoms with van der Waals surface area (Å²) in [4.78, 5) is 12.2. The van der Waals surface area contributed by atoms with Crippen LogP contribution in [-0.4, -0.2) is 5.78 Å². The summed E-state index contributed by atoms with van der Waals surface area (Å²) in [5.41, 5.74) is 4.88. The number of allylic oxidation sites excluding steroid dienone is 4. The maximum absolute atomic E-state index is 12.2. The number of benzene rings is 1. The van der Waals surface area contributed by atoms with E-state index in [4.69, 9.17) is 0 Å². The van der Waals surface area contributed by atoms with Crippen LogP contribution in [0.3, 0.4) is 0 Å². The van der Waals surface area contributed by atoms with Crippen molar-refractivity contribution in [3.63, 3.8) is 0 Å². The lowest BCUT2D eigenvalue weighted by atomic mass is 9.84. The standard InChI is InChI=1S/C18H20O/c1-13-15(12-11-14-7-3-2-4-8-14)16-9-5-6-10-17(16)18(13)19/h2-4,7-8,10,16H,5-6,9,11-12H2,1H3. The van der Waals surface area contributed by atoms with E-state index in [2.05, 4.69) is 36.4 Å². The van der Waals surface area contributed by atoms with Crippen molar-refractivity contribution in [2.45, 2.75) is 39.0 Å². The first-order valence-electron chi connectivity index (χ1n) is 7.25. The van der Waals surface area contributed by atoms with Crippen molar-refractivity contribution in [3.05, 3.63) is 58.7 Å². The van der Waals surface area contributed by atoms with Gasteiger partial charge in [-0.15, -0.1) is 0 Å². The maximum Gasteiger partial charge on any atom is 0.184 e. The van der Waals surface area contributed by atoms with E-state index in [9.17, 15) is 4.79 Å². The van der Waals surface area contributed by atoms with Crippen LogP contribution in [0.25, 0.3) is 0 Å². The summed E-state index contributed by atoms with van der Waals surface area (Å²) in [6, 6.07) is 10.6. The van der Waals surface area contributed by atoms with Crippen molar-refractivity contribution in [2.75, 3.05) is 0 Å². The van der Waals surface area contributed by atoms with E-state index in [0.717, 1.165) is 30.4 Å². The third kappa shape index (κ3) is 2.30. The molecule has 1 unspecified atom stereocenters. The average Bonchev–Trinajstić information content (AvgIpc) is 2.71. The number of carbonyl (C=O) groups is 1. The lowest BCUT2D eigenvalue weighted by molar-refractivity contribution is -0.112. The van der Waals surface area contributed by atoms with Gasteiger partial charge in [-0.3, -0.25) is 4.79 Å². The Morgan fingerprint density at radius 3 is 2.74 bits per heavy atom. The molecule has 0 spiro atoms. The minimum Gasteiger partial charge on any atom is -0.289 e. The van der Waals surface area contributed by atoms with Gasteiger partial charge < -0.3 is 0 Å². The second-order valence-corrected chi connectivity index (χ2v) is 5.61. The molecule has 0 bridgehead atoms. The van der Waals surface area contributed by atoms with Gasteiger partial charge >= 0.3 is 0 Å². The molecule has 1 aromatic carbocycles. The first-order valence-corrected chi connectivity index (χ1v) is 7.25. The van der Waals surface area contributed by atoms with Gasteiger partial charge in [0.2, 0.25) is 0 Å². The summed E-state index contributed by atoms with van der Waals surface area (Å²) in [6.07, 6.45) is 7.73. The van der Waals surface area contributed by atoms with Gasteiger partial charge in [-0.05, 0) is 50.2 Å². The first-order chi connectivity index (χ1) is 9.27. The van der Waals surface area contributed by atoms with Crippen molar-refractivity contribution in [1.29, 1.82) is 0 Å². The normalized spacial score (nSPS) is 22.5. The predicted octanol–water partition coefficient (Wildman–Crippen LogP) is 4.24. The molecule has 1 heteroatoms. The number of rotatable bonds is 3. The Morgan fingerprint density at radius 1 is 1.16 bits per heavy atom. The lowest BCUT2D eigenvalue weighted by Gasteiger charge is -2.20. The van der Waals surface area contributed by atoms with Crippen LogP contribution < -0.4 is 0 Å². The largest absolute Gasteiger partial charge is 0.289 e. The van der Waals surface area contributed by atoms with Gasteiger partial charge in [0.05, 0.1) is 0 Å². The second-order valence-electron chi connectivity index (χ2n) is 5.61. The molecule has 98 valence electrons. The molecule has 0 fully saturated rings. The highest BCUT2D eigenvalue weighted by atomic mass is 16.1. The predicted molar refractivity (Wildman–Crippen MR) is 77.9 cm³/mol. The number of aryl methyl sites for hydroxylation is 1. The number of Topliss-reactive ketones (excluding diaryl/α,β-unsaturated/α-hetero) is 1. The van der Waals surface area contributed by atoms with E-state index in [0.29, 0.717) is 11.7 Å². The molecule has 0 amide bonds. The van der Waals surface area contributed by atoms with Gasteiger partial charge in [0.15, 0.2) is 5.78 Å². The molecule has 2 aliphatic rings. The fourth-order valence-electron chi connectivity index (χ4n) is 3.40. The van der Waals surface area contributed by atoms with Crippen LogP contribution in [0.1, 0.15) is 38.2 Å². The van der Waals surface area contributed by atoms with Gasteiger partial charge in [0.25, 0.3) is 0 Å². The highest BCUT2D eigenvalue weighted by Gasteiger charge is 2.35.